The lowest BCUT2D eigenvalue weighted by Crippen LogP contribution is -2.47. The molecule has 0 saturated carbocycles. The van der Waals surface area contributed by atoms with Gasteiger partial charge in [0.1, 0.15) is 0 Å². The predicted octanol–water partition coefficient (Wildman–Crippen LogP) is -2.03. The molecule has 0 heterocycles. The molecule has 4 N–H and O–H groups in total. The molecule has 0 fully saturated rings. The third-order valence-corrected chi connectivity index (χ3v) is 3.54. The van der Waals surface area contributed by atoms with Crippen molar-refractivity contribution in [2.45, 2.75) is 18.9 Å². The number of carboxylic acid groups (broad SMARTS) is 1. The molecular weight excluding hydrogens is 252 g/mol. The fourth-order valence-electron chi connectivity index (χ4n) is 0.786. The topological polar surface area (TPSA) is 127 Å². The summed E-state index contributed by atoms with van der Waals surface area (Å²) in [4.78, 5) is 10.3. The molecule has 17 heavy (non-hydrogen) atoms. The largest absolute Gasteiger partial charge is 0.481 e. The van der Waals surface area contributed by atoms with Crippen molar-refractivity contribution in [2.75, 3.05) is 26.7 Å². The van der Waals surface area contributed by atoms with Crippen LogP contribution in [0, 0.1) is 0 Å². The second-order valence-corrected chi connectivity index (χ2v) is 5.81. The second kappa shape index (κ2) is 6.26. The fourth-order valence-corrected chi connectivity index (χ4v) is 1.83. The van der Waals surface area contributed by atoms with Crippen LogP contribution in [-0.4, -0.2) is 66.4 Å². The molecule has 0 radical (unpaired) electrons. The molecule has 9 heteroatoms. The van der Waals surface area contributed by atoms with E-state index in [1.54, 1.807) is 0 Å². The fraction of sp³-hybridized carbons (Fsp3) is 0.875. The van der Waals surface area contributed by atoms with Crippen molar-refractivity contribution in [1.82, 2.24) is 9.03 Å². The van der Waals surface area contributed by atoms with Crippen LogP contribution in [0.3, 0.4) is 0 Å². The highest BCUT2D eigenvalue weighted by Crippen LogP contribution is 2.02. The summed E-state index contributed by atoms with van der Waals surface area (Å²) in [5.74, 6) is -1.10. The van der Waals surface area contributed by atoms with Crippen LogP contribution < -0.4 is 4.72 Å². The number of carboxylic acids is 1. The summed E-state index contributed by atoms with van der Waals surface area (Å²) in [6, 6.07) is 0. The molecule has 0 aromatic heterocycles. The number of nitrogens with zero attached hydrogens (tertiary/aromatic N) is 1. The Hall–Kier alpha value is -0.740. The summed E-state index contributed by atoms with van der Waals surface area (Å²) in [6.45, 7) is 0.149. The first-order valence-electron chi connectivity index (χ1n) is 4.87. The van der Waals surface area contributed by atoms with E-state index < -0.39 is 28.4 Å². The number of hydrogen-bond donors (Lipinski definition) is 4. The lowest BCUT2D eigenvalue weighted by atomic mass is 10.1. The van der Waals surface area contributed by atoms with Crippen molar-refractivity contribution in [2.24, 2.45) is 0 Å². The minimum absolute atomic E-state index is 0.175. The van der Waals surface area contributed by atoms with Crippen molar-refractivity contribution in [3.8, 4) is 0 Å². The molecule has 0 saturated heterocycles. The summed E-state index contributed by atoms with van der Waals surface area (Å²) >= 11 is 0. The highest BCUT2D eigenvalue weighted by Gasteiger charge is 2.24. The van der Waals surface area contributed by atoms with Gasteiger partial charge in [0.15, 0.2) is 0 Å². The van der Waals surface area contributed by atoms with Gasteiger partial charge in [-0.25, -0.2) is 0 Å². The van der Waals surface area contributed by atoms with Crippen molar-refractivity contribution in [3.05, 3.63) is 0 Å². The highest BCUT2D eigenvalue weighted by molar-refractivity contribution is 7.87. The zero-order chi connectivity index (χ0) is 13.7. The summed E-state index contributed by atoms with van der Waals surface area (Å²) < 4.78 is 26.0. The van der Waals surface area contributed by atoms with Gasteiger partial charge >= 0.3 is 5.97 Å². The first-order chi connectivity index (χ1) is 7.60. The van der Waals surface area contributed by atoms with E-state index in [1.807, 2.05) is 0 Å². The zero-order valence-electron chi connectivity index (χ0n) is 9.75. The standard InChI is InChI=1S/C8H18N2O6S/c1-8(14,6-11)5-9-17(15,16)10(2)4-3-7(12)13/h9,11,14H,3-6H2,1-2H3,(H,12,13). The van der Waals surface area contributed by atoms with Crippen LogP contribution in [0.2, 0.25) is 0 Å². The van der Waals surface area contributed by atoms with E-state index in [2.05, 4.69) is 4.72 Å². The summed E-state index contributed by atoms with van der Waals surface area (Å²) in [6.07, 6.45) is -0.312. The van der Waals surface area contributed by atoms with Gasteiger partial charge in [0.2, 0.25) is 0 Å². The number of carbonyl (C=O) groups is 1. The van der Waals surface area contributed by atoms with Gasteiger partial charge in [-0.3, -0.25) is 4.79 Å². The van der Waals surface area contributed by atoms with Crippen LogP contribution in [0.5, 0.6) is 0 Å². The molecule has 0 aliphatic carbocycles. The summed E-state index contributed by atoms with van der Waals surface area (Å²) in [5.41, 5.74) is -1.55. The SMILES string of the molecule is CN(CCC(=O)O)S(=O)(=O)NCC(C)(O)CO. The number of hydrogen-bond acceptors (Lipinski definition) is 5. The van der Waals surface area contributed by atoms with Crippen LogP contribution in [0.15, 0.2) is 0 Å². The van der Waals surface area contributed by atoms with Crippen molar-refractivity contribution in [3.63, 3.8) is 0 Å². The molecule has 0 aromatic carbocycles. The van der Waals surface area contributed by atoms with Crippen LogP contribution in [0.1, 0.15) is 13.3 Å². The maximum absolute atomic E-state index is 11.5. The zero-order valence-corrected chi connectivity index (χ0v) is 10.6. The molecule has 8 nitrogen and oxygen atoms in total. The molecule has 0 aliphatic heterocycles. The molecule has 0 spiro atoms. The normalized spacial score (nSPS) is 15.8. The average Bonchev–Trinajstić information content (AvgIpc) is 2.23. The maximum atomic E-state index is 11.5. The van der Waals surface area contributed by atoms with E-state index in [0.29, 0.717) is 0 Å². The first-order valence-corrected chi connectivity index (χ1v) is 6.31. The van der Waals surface area contributed by atoms with Crippen LogP contribution in [0.25, 0.3) is 0 Å². The number of aliphatic hydroxyl groups is 2. The number of nitrogens with one attached hydrogen (secondary N) is 1. The van der Waals surface area contributed by atoms with Crippen molar-refractivity contribution in [1.29, 1.82) is 0 Å². The molecule has 0 amide bonds. The van der Waals surface area contributed by atoms with Crippen LogP contribution in [0.4, 0.5) is 0 Å². The van der Waals surface area contributed by atoms with Gasteiger partial charge in [-0.05, 0) is 6.92 Å². The van der Waals surface area contributed by atoms with Crippen LogP contribution >= 0.6 is 0 Å². The van der Waals surface area contributed by atoms with Crippen molar-refractivity contribution >= 4 is 16.2 Å². The predicted molar refractivity (Wildman–Crippen MR) is 59.5 cm³/mol. The van der Waals surface area contributed by atoms with Crippen LogP contribution in [-0.2, 0) is 15.0 Å². The smallest absolute Gasteiger partial charge is 0.304 e. The second-order valence-electron chi connectivity index (χ2n) is 3.95. The molecule has 1 atom stereocenters. The van der Waals surface area contributed by atoms with Gasteiger partial charge in [-0.15, -0.1) is 0 Å². The van der Waals surface area contributed by atoms with Gasteiger partial charge in [0, 0.05) is 20.1 Å². The van der Waals surface area contributed by atoms with Gasteiger partial charge in [0.25, 0.3) is 10.2 Å². The number of aliphatic hydroxyl groups excluding tert-OH is 1. The Morgan fingerprint density at radius 1 is 1.47 bits per heavy atom. The third kappa shape index (κ3) is 6.54. The third-order valence-electron chi connectivity index (χ3n) is 2.03. The minimum Gasteiger partial charge on any atom is -0.481 e. The molecule has 1 unspecified atom stereocenters. The quantitative estimate of drug-likeness (QED) is 0.403. The Morgan fingerprint density at radius 2 is 2.00 bits per heavy atom. The van der Waals surface area contributed by atoms with E-state index in [0.717, 1.165) is 4.31 Å². The van der Waals surface area contributed by atoms with Gasteiger partial charge in [-0.2, -0.15) is 17.4 Å². The lowest BCUT2D eigenvalue weighted by Gasteiger charge is -2.23. The molecule has 102 valence electrons. The van der Waals surface area contributed by atoms with Gasteiger partial charge in [-0.1, -0.05) is 0 Å². The Bertz CT molecular complexity index is 353. The monoisotopic (exact) mass is 270 g/mol. The molecule has 0 aliphatic rings. The maximum Gasteiger partial charge on any atom is 0.304 e. The van der Waals surface area contributed by atoms with E-state index in [9.17, 15) is 18.3 Å². The Kier molecular flexibility index (Phi) is 5.99. The highest BCUT2D eigenvalue weighted by atomic mass is 32.2. The Balaban J connectivity index is 4.33. The Morgan fingerprint density at radius 3 is 2.41 bits per heavy atom. The molecule has 0 aromatic rings. The van der Waals surface area contributed by atoms with Gasteiger partial charge < -0.3 is 15.3 Å². The summed E-state index contributed by atoms with van der Waals surface area (Å²) in [5, 5.41) is 26.5. The Labute approximate surface area is 100 Å². The minimum atomic E-state index is -3.85. The molecular formula is C8H18N2O6S. The van der Waals surface area contributed by atoms with E-state index in [4.69, 9.17) is 10.2 Å². The van der Waals surface area contributed by atoms with Gasteiger partial charge in [0.05, 0.1) is 18.6 Å². The lowest BCUT2D eigenvalue weighted by molar-refractivity contribution is -0.137. The van der Waals surface area contributed by atoms with Crippen molar-refractivity contribution < 1.29 is 28.5 Å². The van der Waals surface area contributed by atoms with E-state index in [-0.39, 0.29) is 19.5 Å². The first kappa shape index (κ1) is 16.3. The average molecular weight is 270 g/mol. The van der Waals surface area contributed by atoms with E-state index >= 15 is 0 Å². The van der Waals surface area contributed by atoms with E-state index in [1.165, 1.54) is 14.0 Å². The summed E-state index contributed by atoms with van der Waals surface area (Å²) in [7, 11) is -2.63. The number of aliphatic carboxylic acids is 1. The number of rotatable bonds is 8. The molecule has 0 bridgehead atoms. The molecule has 0 rings (SSSR count).